The Morgan fingerprint density at radius 3 is 2.76 bits per heavy atom. The van der Waals surface area contributed by atoms with Crippen molar-refractivity contribution in [1.82, 2.24) is 5.32 Å². The number of hydrogen-bond donors (Lipinski definition) is 1. The maximum Gasteiger partial charge on any atom is 0.0951 e. The van der Waals surface area contributed by atoms with Gasteiger partial charge in [-0.2, -0.15) is 0 Å². The van der Waals surface area contributed by atoms with Gasteiger partial charge in [-0.05, 0) is 12.6 Å². The molecule has 0 spiro atoms. The first kappa shape index (κ1) is 12.6. The number of furan rings is 1. The fourth-order valence-corrected chi connectivity index (χ4v) is 2.58. The third kappa shape index (κ3) is 2.54. The average Bonchev–Trinajstić information content (AvgIpc) is 2.90. The molecule has 1 N–H and O–H groups in total. The van der Waals surface area contributed by atoms with Gasteiger partial charge in [-0.15, -0.1) is 0 Å². The minimum atomic E-state index is -0.182. The van der Waals surface area contributed by atoms with Gasteiger partial charge in [-0.25, -0.2) is 0 Å². The van der Waals surface area contributed by atoms with E-state index in [1.807, 2.05) is 6.07 Å². The molecule has 2 heterocycles. The number of hydrogen-bond acceptors (Lipinski definition) is 4. The summed E-state index contributed by atoms with van der Waals surface area (Å²) in [4.78, 5) is 0. The summed E-state index contributed by atoms with van der Waals surface area (Å²) in [7, 11) is 1.79. The molecule has 0 saturated carbocycles. The Morgan fingerprint density at radius 1 is 1.47 bits per heavy atom. The maximum atomic E-state index is 5.83. The van der Waals surface area contributed by atoms with E-state index in [-0.39, 0.29) is 11.6 Å². The minimum Gasteiger partial charge on any atom is -0.472 e. The lowest BCUT2D eigenvalue weighted by molar-refractivity contribution is -0.111. The van der Waals surface area contributed by atoms with Crippen LogP contribution in [0.1, 0.15) is 31.4 Å². The third-order valence-electron chi connectivity index (χ3n) is 3.56. The van der Waals surface area contributed by atoms with E-state index >= 15 is 0 Å². The molecule has 1 aromatic heterocycles. The number of rotatable bonds is 5. The molecule has 1 saturated heterocycles. The van der Waals surface area contributed by atoms with E-state index in [0.29, 0.717) is 0 Å². The highest BCUT2D eigenvalue weighted by molar-refractivity contribution is 5.17. The van der Waals surface area contributed by atoms with Crippen LogP contribution in [0.4, 0.5) is 0 Å². The van der Waals surface area contributed by atoms with Gasteiger partial charge in [0.05, 0.1) is 24.2 Å². The Labute approximate surface area is 102 Å². The van der Waals surface area contributed by atoms with E-state index in [1.165, 1.54) is 0 Å². The molecule has 0 radical (unpaired) electrons. The monoisotopic (exact) mass is 239 g/mol. The van der Waals surface area contributed by atoms with Gasteiger partial charge in [0, 0.05) is 38.7 Å². The van der Waals surface area contributed by atoms with Crippen LogP contribution in [0, 0.1) is 0 Å². The van der Waals surface area contributed by atoms with Crippen LogP contribution in [0.3, 0.4) is 0 Å². The molecule has 0 aromatic carbocycles. The van der Waals surface area contributed by atoms with E-state index in [4.69, 9.17) is 13.9 Å². The zero-order valence-corrected chi connectivity index (χ0v) is 10.6. The standard InChI is InChI=1S/C13H21NO3/c1-3-14-12(11-4-7-17-10-11)13(15-2)5-8-16-9-6-13/h4,7,10,12,14H,3,5-6,8-9H2,1-2H3. The van der Waals surface area contributed by atoms with Crippen molar-refractivity contribution < 1.29 is 13.9 Å². The topological polar surface area (TPSA) is 43.6 Å². The molecule has 2 rings (SSSR count). The van der Waals surface area contributed by atoms with Crippen molar-refractivity contribution in [2.75, 3.05) is 26.9 Å². The number of nitrogens with one attached hydrogen (secondary N) is 1. The molecule has 0 bridgehead atoms. The molecule has 0 amide bonds. The molecule has 1 unspecified atom stereocenters. The summed E-state index contributed by atoms with van der Waals surface area (Å²) in [6, 6.07) is 2.17. The summed E-state index contributed by atoms with van der Waals surface area (Å²) in [6.07, 6.45) is 5.32. The highest BCUT2D eigenvalue weighted by atomic mass is 16.5. The van der Waals surface area contributed by atoms with Crippen LogP contribution in [-0.2, 0) is 9.47 Å². The van der Waals surface area contributed by atoms with Crippen LogP contribution < -0.4 is 5.32 Å². The molecule has 1 aliphatic rings. The smallest absolute Gasteiger partial charge is 0.0951 e. The Morgan fingerprint density at radius 2 is 2.24 bits per heavy atom. The van der Waals surface area contributed by atoms with E-state index in [0.717, 1.165) is 38.2 Å². The number of methoxy groups -OCH3 is 1. The van der Waals surface area contributed by atoms with Crippen molar-refractivity contribution in [1.29, 1.82) is 0 Å². The Kier molecular flexibility index (Phi) is 4.20. The maximum absolute atomic E-state index is 5.83. The summed E-state index contributed by atoms with van der Waals surface area (Å²) >= 11 is 0. The van der Waals surface area contributed by atoms with E-state index in [2.05, 4.69) is 12.2 Å². The Hall–Kier alpha value is -0.840. The molecule has 0 aliphatic carbocycles. The second-order valence-electron chi connectivity index (χ2n) is 4.43. The third-order valence-corrected chi connectivity index (χ3v) is 3.56. The normalized spacial score (nSPS) is 21.3. The SMILES string of the molecule is CCNC(c1ccoc1)C1(OC)CCOCC1. The lowest BCUT2D eigenvalue weighted by Crippen LogP contribution is -2.49. The highest BCUT2D eigenvalue weighted by Crippen LogP contribution is 2.37. The van der Waals surface area contributed by atoms with Gasteiger partial charge >= 0.3 is 0 Å². The molecule has 4 heteroatoms. The van der Waals surface area contributed by atoms with E-state index in [1.54, 1.807) is 19.6 Å². The molecule has 1 atom stereocenters. The summed E-state index contributed by atoms with van der Waals surface area (Å²) in [5.41, 5.74) is 0.966. The van der Waals surface area contributed by atoms with Crippen LogP contribution in [0.2, 0.25) is 0 Å². The van der Waals surface area contributed by atoms with Crippen molar-refractivity contribution >= 4 is 0 Å². The van der Waals surface area contributed by atoms with Crippen molar-refractivity contribution in [2.24, 2.45) is 0 Å². The molecular weight excluding hydrogens is 218 g/mol. The minimum absolute atomic E-state index is 0.167. The first-order valence-electron chi connectivity index (χ1n) is 6.21. The van der Waals surface area contributed by atoms with Gasteiger partial charge in [-0.1, -0.05) is 6.92 Å². The first-order chi connectivity index (χ1) is 8.32. The summed E-state index contributed by atoms with van der Waals surface area (Å²) in [5.74, 6) is 0. The molecule has 1 aromatic rings. The van der Waals surface area contributed by atoms with Crippen LogP contribution in [-0.4, -0.2) is 32.5 Å². The second kappa shape index (κ2) is 5.67. The predicted molar refractivity (Wildman–Crippen MR) is 64.9 cm³/mol. The van der Waals surface area contributed by atoms with Gasteiger partial charge < -0.3 is 19.2 Å². The zero-order chi connectivity index (χ0) is 12.1. The zero-order valence-electron chi connectivity index (χ0n) is 10.6. The Bertz CT molecular complexity index is 317. The molecule has 96 valence electrons. The van der Waals surface area contributed by atoms with Crippen molar-refractivity contribution in [3.8, 4) is 0 Å². The number of ether oxygens (including phenoxy) is 2. The fourth-order valence-electron chi connectivity index (χ4n) is 2.58. The fraction of sp³-hybridized carbons (Fsp3) is 0.692. The lowest BCUT2D eigenvalue weighted by Gasteiger charge is -2.42. The molecule has 17 heavy (non-hydrogen) atoms. The van der Waals surface area contributed by atoms with Gasteiger partial charge in [0.1, 0.15) is 0 Å². The summed E-state index contributed by atoms with van der Waals surface area (Å²) in [6.45, 7) is 4.53. The lowest BCUT2D eigenvalue weighted by atomic mass is 9.83. The average molecular weight is 239 g/mol. The largest absolute Gasteiger partial charge is 0.472 e. The van der Waals surface area contributed by atoms with Gasteiger partial charge in [0.15, 0.2) is 0 Å². The Balaban J connectivity index is 2.23. The summed E-state index contributed by atoms with van der Waals surface area (Å²) in [5, 5.41) is 3.51. The molecule has 1 fully saturated rings. The van der Waals surface area contributed by atoms with Crippen molar-refractivity contribution in [3.63, 3.8) is 0 Å². The molecular formula is C13H21NO3. The van der Waals surface area contributed by atoms with Gasteiger partial charge in [0.25, 0.3) is 0 Å². The highest BCUT2D eigenvalue weighted by Gasteiger charge is 2.41. The van der Waals surface area contributed by atoms with Crippen molar-refractivity contribution in [2.45, 2.75) is 31.4 Å². The molecule has 1 aliphatic heterocycles. The van der Waals surface area contributed by atoms with Gasteiger partial charge in [0.2, 0.25) is 0 Å². The van der Waals surface area contributed by atoms with Crippen molar-refractivity contribution in [3.05, 3.63) is 24.2 Å². The van der Waals surface area contributed by atoms with E-state index in [9.17, 15) is 0 Å². The van der Waals surface area contributed by atoms with Crippen LogP contribution in [0.5, 0.6) is 0 Å². The molecule has 4 nitrogen and oxygen atoms in total. The number of likely N-dealkylation sites (N-methyl/N-ethyl adjacent to an activating group) is 1. The van der Waals surface area contributed by atoms with E-state index < -0.39 is 0 Å². The van der Waals surface area contributed by atoms with Crippen LogP contribution in [0.25, 0.3) is 0 Å². The quantitative estimate of drug-likeness (QED) is 0.854. The first-order valence-corrected chi connectivity index (χ1v) is 6.21. The van der Waals surface area contributed by atoms with Crippen LogP contribution in [0.15, 0.2) is 23.0 Å². The summed E-state index contributed by atoms with van der Waals surface area (Å²) < 4.78 is 16.5. The predicted octanol–water partition coefficient (Wildman–Crippen LogP) is 2.13. The van der Waals surface area contributed by atoms with Crippen LogP contribution >= 0.6 is 0 Å². The second-order valence-corrected chi connectivity index (χ2v) is 4.43. The van der Waals surface area contributed by atoms with Gasteiger partial charge in [-0.3, -0.25) is 0 Å².